The molecule has 1 atom stereocenters. The number of nitrogens with one attached hydrogen (secondary N) is 1. The third-order valence-corrected chi connectivity index (χ3v) is 6.07. The molecule has 0 radical (unpaired) electrons. The zero-order valence-corrected chi connectivity index (χ0v) is 17.6. The Balaban J connectivity index is 1.67. The Morgan fingerprint density at radius 2 is 1.93 bits per heavy atom. The molecule has 30 heavy (non-hydrogen) atoms. The van der Waals surface area contributed by atoms with Gasteiger partial charge in [0.1, 0.15) is 5.82 Å². The highest BCUT2D eigenvalue weighted by Gasteiger charge is 2.34. The lowest BCUT2D eigenvalue weighted by Crippen LogP contribution is -2.26. The zero-order chi connectivity index (χ0) is 21.3. The second-order valence-corrected chi connectivity index (χ2v) is 9.60. The molecule has 0 spiro atoms. The van der Waals surface area contributed by atoms with E-state index in [0.29, 0.717) is 28.3 Å². The van der Waals surface area contributed by atoms with Crippen molar-refractivity contribution in [2.45, 2.75) is 12.5 Å². The van der Waals surface area contributed by atoms with E-state index in [-0.39, 0.29) is 11.7 Å². The molecule has 0 aliphatic carbocycles. The number of rotatable bonds is 5. The molecular weight excluding hydrogens is 425 g/mol. The number of amides is 1. The molecule has 1 N–H and O–H groups in total. The van der Waals surface area contributed by atoms with E-state index in [1.807, 2.05) is 5.38 Å². The standard InChI is InChI=1S/C21H18FN3O3S2/c1-30(27,28)24-17-9-7-14(8-10-17)18-13-19(15-4-2-5-16(22)12-15)25(23-18)21(26)20-6-3-11-29-20/h2-12,19,24H,13H2,1H3/t19-/m0/s1. The number of sulfonamides is 1. The summed E-state index contributed by atoms with van der Waals surface area (Å²) in [5.41, 5.74) is 2.53. The minimum Gasteiger partial charge on any atom is -0.284 e. The molecule has 2 aromatic carbocycles. The van der Waals surface area contributed by atoms with E-state index in [4.69, 9.17) is 0 Å². The van der Waals surface area contributed by atoms with E-state index >= 15 is 0 Å². The molecule has 0 unspecified atom stereocenters. The molecule has 9 heteroatoms. The smallest absolute Gasteiger partial charge is 0.284 e. The number of thiophene rings is 1. The normalized spacial score (nSPS) is 16.4. The lowest BCUT2D eigenvalue weighted by molar-refractivity contribution is 0.0716. The van der Waals surface area contributed by atoms with Crippen molar-refractivity contribution in [3.63, 3.8) is 0 Å². The molecular formula is C21H18FN3O3S2. The highest BCUT2D eigenvalue weighted by Crippen LogP contribution is 2.35. The second-order valence-electron chi connectivity index (χ2n) is 6.90. The van der Waals surface area contributed by atoms with E-state index in [9.17, 15) is 17.6 Å². The van der Waals surface area contributed by atoms with Gasteiger partial charge in [-0.1, -0.05) is 30.3 Å². The summed E-state index contributed by atoms with van der Waals surface area (Å²) in [4.78, 5) is 13.6. The van der Waals surface area contributed by atoms with Crippen molar-refractivity contribution in [2.24, 2.45) is 5.10 Å². The maximum Gasteiger partial charge on any atom is 0.284 e. The fraction of sp³-hybridized carbons (Fsp3) is 0.143. The fourth-order valence-corrected chi connectivity index (χ4v) is 4.52. The summed E-state index contributed by atoms with van der Waals surface area (Å²) in [5.74, 6) is -0.620. The molecule has 0 saturated carbocycles. The van der Waals surface area contributed by atoms with E-state index < -0.39 is 16.1 Å². The summed E-state index contributed by atoms with van der Waals surface area (Å²) < 4.78 is 39.0. The molecule has 0 fully saturated rings. The topological polar surface area (TPSA) is 78.8 Å². The van der Waals surface area contributed by atoms with Crippen LogP contribution in [0, 0.1) is 5.82 Å². The van der Waals surface area contributed by atoms with Crippen molar-refractivity contribution in [2.75, 3.05) is 11.0 Å². The van der Waals surface area contributed by atoms with Crippen LogP contribution in [-0.2, 0) is 10.0 Å². The summed E-state index contributed by atoms with van der Waals surface area (Å²) in [6.45, 7) is 0. The average Bonchev–Trinajstić information content (AvgIpc) is 3.37. The van der Waals surface area contributed by atoms with Crippen molar-refractivity contribution in [3.05, 3.63) is 87.9 Å². The highest BCUT2D eigenvalue weighted by molar-refractivity contribution is 7.92. The van der Waals surface area contributed by atoms with Gasteiger partial charge in [0.25, 0.3) is 5.91 Å². The highest BCUT2D eigenvalue weighted by atomic mass is 32.2. The van der Waals surface area contributed by atoms with Gasteiger partial charge in [0.15, 0.2) is 0 Å². The molecule has 1 aliphatic rings. The van der Waals surface area contributed by atoms with Crippen molar-refractivity contribution in [1.29, 1.82) is 0 Å². The fourth-order valence-electron chi connectivity index (χ4n) is 3.30. The van der Waals surface area contributed by atoms with Gasteiger partial charge in [0.2, 0.25) is 10.0 Å². The Morgan fingerprint density at radius 1 is 1.17 bits per heavy atom. The Morgan fingerprint density at radius 3 is 2.57 bits per heavy atom. The van der Waals surface area contributed by atoms with Gasteiger partial charge >= 0.3 is 0 Å². The van der Waals surface area contributed by atoms with Crippen LogP contribution in [-0.4, -0.2) is 31.3 Å². The third kappa shape index (κ3) is 4.42. The summed E-state index contributed by atoms with van der Waals surface area (Å²) >= 11 is 1.32. The quantitative estimate of drug-likeness (QED) is 0.640. The predicted octanol–water partition coefficient (Wildman–Crippen LogP) is 4.25. The van der Waals surface area contributed by atoms with Crippen LogP contribution in [0.5, 0.6) is 0 Å². The summed E-state index contributed by atoms with van der Waals surface area (Å²) in [6, 6.07) is 16.0. The van der Waals surface area contributed by atoms with Crippen LogP contribution in [0.3, 0.4) is 0 Å². The van der Waals surface area contributed by atoms with Crippen LogP contribution >= 0.6 is 11.3 Å². The largest absolute Gasteiger partial charge is 0.284 e. The van der Waals surface area contributed by atoms with Gasteiger partial charge in [-0.2, -0.15) is 5.10 Å². The Kier molecular flexibility index (Phi) is 5.40. The number of carbonyl (C=O) groups excluding carboxylic acids is 1. The van der Waals surface area contributed by atoms with Gasteiger partial charge in [-0.3, -0.25) is 9.52 Å². The number of carbonyl (C=O) groups is 1. The molecule has 3 aromatic rings. The molecule has 1 aromatic heterocycles. The number of halogens is 1. The van der Waals surface area contributed by atoms with E-state index in [0.717, 1.165) is 11.8 Å². The Bertz CT molecular complexity index is 1210. The molecule has 1 aliphatic heterocycles. The van der Waals surface area contributed by atoms with Crippen LogP contribution in [0.2, 0.25) is 0 Å². The molecule has 4 rings (SSSR count). The SMILES string of the molecule is CS(=O)(=O)Nc1ccc(C2=NN(C(=O)c3cccs3)[C@H](c3cccc(F)c3)C2)cc1. The van der Waals surface area contributed by atoms with Crippen LogP contribution in [0.25, 0.3) is 0 Å². The first-order valence-electron chi connectivity index (χ1n) is 9.08. The first-order chi connectivity index (χ1) is 14.3. The number of hydrogen-bond acceptors (Lipinski definition) is 5. The molecule has 6 nitrogen and oxygen atoms in total. The van der Waals surface area contributed by atoms with E-state index in [2.05, 4.69) is 9.82 Å². The minimum atomic E-state index is -3.37. The van der Waals surface area contributed by atoms with Crippen molar-refractivity contribution in [1.82, 2.24) is 5.01 Å². The Hall–Kier alpha value is -3.04. The number of hydrogen-bond donors (Lipinski definition) is 1. The summed E-state index contributed by atoms with van der Waals surface area (Å²) in [7, 11) is -3.37. The lowest BCUT2D eigenvalue weighted by Gasteiger charge is -2.21. The van der Waals surface area contributed by atoms with Crippen LogP contribution in [0.15, 0.2) is 71.1 Å². The maximum absolute atomic E-state index is 13.8. The number of nitrogens with zero attached hydrogens (tertiary/aromatic N) is 2. The second kappa shape index (κ2) is 8.00. The van der Waals surface area contributed by atoms with Crippen molar-refractivity contribution in [3.8, 4) is 0 Å². The number of hydrazone groups is 1. The average molecular weight is 444 g/mol. The molecule has 0 bridgehead atoms. The zero-order valence-electron chi connectivity index (χ0n) is 15.9. The third-order valence-electron chi connectivity index (χ3n) is 4.61. The number of benzene rings is 2. The summed E-state index contributed by atoms with van der Waals surface area (Å²) in [6.07, 6.45) is 1.50. The maximum atomic E-state index is 13.8. The molecule has 0 saturated heterocycles. The minimum absolute atomic E-state index is 0.246. The van der Waals surface area contributed by atoms with Gasteiger partial charge < -0.3 is 0 Å². The predicted molar refractivity (Wildman–Crippen MR) is 116 cm³/mol. The summed E-state index contributed by atoms with van der Waals surface area (Å²) in [5, 5.41) is 7.77. The lowest BCUT2D eigenvalue weighted by atomic mass is 9.98. The van der Waals surface area contributed by atoms with Gasteiger partial charge in [0, 0.05) is 12.1 Å². The monoisotopic (exact) mass is 443 g/mol. The number of anilines is 1. The van der Waals surface area contributed by atoms with E-state index in [1.165, 1.54) is 28.5 Å². The first-order valence-corrected chi connectivity index (χ1v) is 11.9. The Labute approximate surface area is 177 Å². The first kappa shape index (κ1) is 20.2. The van der Waals surface area contributed by atoms with Crippen molar-refractivity contribution < 1.29 is 17.6 Å². The van der Waals surface area contributed by atoms with Gasteiger partial charge in [0.05, 0.1) is 22.9 Å². The molecule has 2 heterocycles. The van der Waals surface area contributed by atoms with Crippen LogP contribution < -0.4 is 4.72 Å². The van der Waals surface area contributed by atoms with Gasteiger partial charge in [-0.05, 0) is 46.8 Å². The van der Waals surface area contributed by atoms with Crippen molar-refractivity contribution >= 4 is 38.7 Å². The van der Waals surface area contributed by atoms with Gasteiger partial charge in [-0.25, -0.2) is 17.8 Å². The van der Waals surface area contributed by atoms with Crippen LogP contribution in [0.1, 0.15) is 33.3 Å². The van der Waals surface area contributed by atoms with Crippen LogP contribution in [0.4, 0.5) is 10.1 Å². The molecule has 154 valence electrons. The van der Waals surface area contributed by atoms with E-state index in [1.54, 1.807) is 48.5 Å². The van der Waals surface area contributed by atoms with Gasteiger partial charge in [-0.15, -0.1) is 11.3 Å². The molecule has 1 amide bonds.